The summed E-state index contributed by atoms with van der Waals surface area (Å²) >= 11 is 0. The number of nitrogens with zero attached hydrogens (tertiary/aromatic N) is 2. The second-order valence-corrected chi connectivity index (χ2v) is 4.14. The predicted molar refractivity (Wildman–Crippen MR) is 71.8 cm³/mol. The number of hydrogen-bond donors (Lipinski definition) is 1. The second-order valence-electron chi connectivity index (χ2n) is 4.14. The van der Waals surface area contributed by atoms with E-state index in [1.807, 2.05) is 26.1 Å². The minimum atomic E-state index is 0.487. The lowest BCUT2D eigenvalue weighted by molar-refractivity contribution is 0.291. The monoisotopic (exact) mass is 243 g/mol. The molecule has 1 aromatic carbocycles. The normalized spacial score (nSPS) is 10.2. The van der Waals surface area contributed by atoms with Crippen molar-refractivity contribution in [1.82, 2.24) is 9.97 Å². The Hall–Kier alpha value is -2.10. The Morgan fingerprint density at radius 2 is 2.06 bits per heavy atom. The summed E-state index contributed by atoms with van der Waals surface area (Å²) in [7, 11) is 1.91. The summed E-state index contributed by atoms with van der Waals surface area (Å²) in [5.74, 6) is 0.556. The molecule has 94 valence electrons. The van der Waals surface area contributed by atoms with Gasteiger partial charge >= 0.3 is 0 Å². The highest BCUT2D eigenvalue weighted by Gasteiger charge is 2.06. The van der Waals surface area contributed by atoms with Gasteiger partial charge in [0.15, 0.2) is 0 Å². The highest BCUT2D eigenvalue weighted by molar-refractivity contribution is 5.53. The average molecular weight is 243 g/mol. The molecule has 0 bridgehead atoms. The first-order chi connectivity index (χ1) is 8.70. The maximum Gasteiger partial charge on any atom is 0.232 e. The van der Waals surface area contributed by atoms with Crippen LogP contribution in [0.3, 0.4) is 0 Å². The van der Waals surface area contributed by atoms with Gasteiger partial charge in [0.2, 0.25) is 5.88 Å². The summed E-state index contributed by atoms with van der Waals surface area (Å²) in [6, 6.07) is 6.13. The van der Waals surface area contributed by atoms with Crippen LogP contribution in [0.2, 0.25) is 0 Å². The fourth-order valence-corrected chi connectivity index (χ4v) is 1.78. The molecule has 0 atom stereocenters. The first-order valence-corrected chi connectivity index (χ1v) is 5.88. The van der Waals surface area contributed by atoms with E-state index < -0.39 is 0 Å². The molecule has 4 nitrogen and oxygen atoms in total. The van der Waals surface area contributed by atoms with Gasteiger partial charge in [0.05, 0.1) is 11.9 Å². The molecule has 4 heteroatoms. The van der Waals surface area contributed by atoms with Crippen LogP contribution in [0, 0.1) is 13.8 Å². The Kier molecular flexibility index (Phi) is 3.77. The van der Waals surface area contributed by atoms with Crippen LogP contribution in [-0.4, -0.2) is 17.0 Å². The van der Waals surface area contributed by atoms with E-state index in [1.165, 1.54) is 5.56 Å². The molecule has 0 spiro atoms. The average Bonchev–Trinajstić information content (AvgIpc) is 2.37. The van der Waals surface area contributed by atoms with E-state index in [1.54, 1.807) is 12.4 Å². The van der Waals surface area contributed by atoms with Crippen LogP contribution in [0.1, 0.15) is 16.8 Å². The molecule has 0 aliphatic heterocycles. The minimum absolute atomic E-state index is 0.487. The van der Waals surface area contributed by atoms with Crippen LogP contribution in [0.4, 0.5) is 5.69 Å². The van der Waals surface area contributed by atoms with E-state index in [4.69, 9.17) is 4.74 Å². The van der Waals surface area contributed by atoms with Crippen LogP contribution < -0.4 is 10.1 Å². The fourth-order valence-electron chi connectivity index (χ4n) is 1.78. The van der Waals surface area contributed by atoms with Gasteiger partial charge in [-0.2, -0.15) is 0 Å². The Morgan fingerprint density at radius 1 is 1.22 bits per heavy atom. The van der Waals surface area contributed by atoms with Gasteiger partial charge in [-0.3, -0.25) is 4.98 Å². The zero-order valence-corrected chi connectivity index (χ0v) is 10.9. The van der Waals surface area contributed by atoms with Crippen LogP contribution in [0.25, 0.3) is 0 Å². The molecular formula is C14H17N3O. The smallest absolute Gasteiger partial charge is 0.232 e. The van der Waals surface area contributed by atoms with Crippen LogP contribution >= 0.6 is 0 Å². The number of anilines is 1. The SMILES string of the molecule is CNc1cccc(C)c1COc1cncc(C)n1. The van der Waals surface area contributed by atoms with Gasteiger partial charge in [0.1, 0.15) is 6.61 Å². The molecule has 1 heterocycles. The lowest BCUT2D eigenvalue weighted by atomic mass is 10.1. The minimum Gasteiger partial charge on any atom is -0.472 e. The van der Waals surface area contributed by atoms with Crippen molar-refractivity contribution in [2.75, 3.05) is 12.4 Å². The highest BCUT2D eigenvalue weighted by Crippen LogP contribution is 2.20. The predicted octanol–water partition coefficient (Wildman–Crippen LogP) is 2.71. The van der Waals surface area contributed by atoms with Crippen molar-refractivity contribution in [3.05, 3.63) is 47.4 Å². The van der Waals surface area contributed by atoms with Crippen molar-refractivity contribution >= 4 is 5.69 Å². The lowest BCUT2D eigenvalue weighted by Crippen LogP contribution is -2.04. The third-order valence-corrected chi connectivity index (χ3v) is 2.78. The standard InChI is InChI=1S/C14H17N3O/c1-10-5-4-6-13(15-3)12(10)9-18-14-8-16-7-11(2)17-14/h4-8,15H,9H2,1-3H3. The third-order valence-electron chi connectivity index (χ3n) is 2.78. The molecule has 18 heavy (non-hydrogen) atoms. The zero-order chi connectivity index (χ0) is 13.0. The topological polar surface area (TPSA) is 47.0 Å². The molecular weight excluding hydrogens is 226 g/mol. The molecule has 0 unspecified atom stereocenters. The van der Waals surface area contributed by atoms with Gasteiger partial charge in [-0.1, -0.05) is 12.1 Å². The van der Waals surface area contributed by atoms with E-state index in [-0.39, 0.29) is 0 Å². The van der Waals surface area contributed by atoms with Crippen molar-refractivity contribution in [3.8, 4) is 5.88 Å². The van der Waals surface area contributed by atoms with Gasteiger partial charge in [-0.05, 0) is 25.5 Å². The van der Waals surface area contributed by atoms with Crippen LogP contribution in [0.15, 0.2) is 30.6 Å². The van der Waals surface area contributed by atoms with E-state index in [0.29, 0.717) is 12.5 Å². The number of nitrogens with one attached hydrogen (secondary N) is 1. The Bertz CT molecular complexity index is 540. The third kappa shape index (κ3) is 2.77. The van der Waals surface area contributed by atoms with Crippen molar-refractivity contribution < 1.29 is 4.74 Å². The van der Waals surface area contributed by atoms with E-state index >= 15 is 0 Å². The second kappa shape index (κ2) is 5.49. The molecule has 0 saturated carbocycles. The number of aryl methyl sites for hydroxylation is 2. The highest BCUT2D eigenvalue weighted by atomic mass is 16.5. The Labute approximate surface area is 107 Å². The van der Waals surface area contributed by atoms with Gasteiger partial charge in [-0.15, -0.1) is 0 Å². The summed E-state index contributed by atoms with van der Waals surface area (Å²) in [6.07, 6.45) is 3.34. The van der Waals surface area contributed by atoms with Crippen LogP contribution in [-0.2, 0) is 6.61 Å². The molecule has 0 amide bonds. The van der Waals surface area contributed by atoms with E-state index in [2.05, 4.69) is 28.3 Å². The molecule has 0 fully saturated rings. The number of benzene rings is 1. The maximum absolute atomic E-state index is 5.68. The first-order valence-electron chi connectivity index (χ1n) is 5.88. The largest absolute Gasteiger partial charge is 0.472 e. The fraction of sp³-hybridized carbons (Fsp3) is 0.286. The van der Waals surface area contributed by atoms with Crippen molar-refractivity contribution in [3.63, 3.8) is 0 Å². The summed E-state index contributed by atoms with van der Waals surface area (Å²) < 4.78 is 5.68. The molecule has 1 aromatic heterocycles. The molecule has 0 aliphatic rings. The lowest BCUT2D eigenvalue weighted by Gasteiger charge is -2.12. The molecule has 0 radical (unpaired) electrons. The summed E-state index contributed by atoms with van der Waals surface area (Å²) in [5, 5.41) is 3.17. The molecule has 2 rings (SSSR count). The Morgan fingerprint density at radius 3 is 2.78 bits per heavy atom. The zero-order valence-electron chi connectivity index (χ0n) is 10.9. The maximum atomic E-state index is 5.68. The van der Waals surface area contributed by atoms with Crippen molar-refractivity contribution in [1.29, 1.82) is 0 Å². The molecule has 2 aromatic rings. The van der Waals surface area contributed by atoms with Crippen LogP contribution in [0.5, 0.6) is 5.88 Å². The molecule has 1 N–H and O–H groups in total. The first kappa shape index (κ1) is 12.4. The van der Waals surface area contributed by atoms with Gasteiger partial charge < -0.3 is 10.1 Å². The number of ether oxygens (including phenoxy) is 1. The molecule has 0 aliphatic carbocycles. The van der Waals surface area contributed by atoms with Gasteiger partial charge in [-0.25, -0.2) is 4.98 Å². The quantitative estimate of drug-likeness (QED) is 0.897. The number of hydrogen-bond acceptors (Lipinski definition) is 4. The Balaban J connectivity index is 2.15. The summed E-state index contributed by atoms with van der Waals surface area (Å²) in [6.45, 7) is 4.45. The van der Waals surface area contributed by atoms with Crippen molar-refractivity contribution in [2.24, 2.45) is 0 Å². The van der Waals surface area contributed by atoms with E-state index in [9.17, 15) is 0 Å². The summed E-state index contributed by atoms with van der Waals surface area (Å²) in [5.41, 5.74) is 4.27. The van der Waals surface area contributed by atoms with Gasteiger partial charge in [0, 0.05) is 24.5 Å². The number of aromatic nitrogens is 2. The van der Waals surface area contributed by atoms with E-state index in [0.717, 1.165) is 16.9 Å². The van der Waals surface area contributed by atoms with Crippen molar-refractivity contribution in [2.45, 2.75) is 20.5 Å². The summed E-state index contributed by atoms with van der Waals surface area (Å²) in [4.78, 5) is 8.33. The molecule has 0 saturated heterocycles. The number of rotatable bonds is 4. The van der Waals surface area contributed by atoms with Gasteiger partial charge in [0.25, 0.3) is 0 Å².